The Morgan fingerprint density at radius 1 is 1.53 bits per heavy atom. The third kappa shape index (κ3) is 3.20. The lowest BCUT2D eigenvalue weighted by Gasteiger charge is -2.18. The Bertz CT molecular complexity index is 303. The second kappa shape index (κ2) is 5.32. The van der Waals surface area contributed by atoms with Gasteiger partial charge in [-0.3, -0.25) is 0 Å². The van der Waals surface area contributed by atoms with Crippen LogP contribution < -0.4 is 5.73 Å². The molecule has 0 saturated carbocycles. The van der Waals surface area contributed by atoms with Gasteiger partial charge in [0.15, 0.2) is 0 Å². The lowest BCUT2D eigenvalue weighted by molar-refractivity contribution is 0.627. The first-order valence-corrected chi connectivity index (χ1v) is 7.57. The van der Waals surface area contributed by atoms with Crippen molar-refractivity contribution >= 4 is 23.1 Å². The van der Waals surface area contributed by atoms with E-state index in [-0.39, 0.29) is 6.04 Å². The molecule has 1 saturated heterocycles. The Morgan fingerprint density at radius 2 is 2.27 bits per heavy atom. The van der Waals surface area contributed by atoms with E-state index in [4.69, 9.17) is 10.7 Å². The van der Waals surface area contributed by atoms with Gasteiger partial charge in [0, 0.05) is 23.8 Å². The quantitative estimate of drug-likeness (QED) is 0.885. The van der Waals surface area contributed by atoms with Crippen molar-refractivity contribution in [3.63, 3.8) is 0 Å². The molecule has 1 aliphatic heterocycles. The molecule has 1 atom stereocenters. The maximum Gasteiger partial charge on any atom is 0.0959 e. The van der Waals surface area contributed by atoms with Gasteiger partial charge in [-0.15, -0.1) is 11.3 Å². The summed E-state index contributed by atoms with van der Waals surface area (Å²) < 4.78 is 0. The first-order chi connectivity index (χ1) is 7.25. The highest BCUT2D eigenvalue weighted by atomic mass is 32.2. The maximum atomic E-state index is 5.77. The van der Waals surface area contributed by atoms with Crippen LogP contribution in [-0.2, 0) is 6.42 Å². The molecule has 1 aromatic rings. The third-order valence-corrected chi connectivity index (χ3v) is 4.78. The van der Waals surface area contributed by atoms with Crippen LogP contribution in [-0.4, -0.2) is 22.5 Å². The molecule has 84 valence electrons. The predicted octanol–water partition coefficient (Wildman–Crippen LogP) is 2.64. The fraction of sp³-hybridized carbons (Fsp3) is 0.727. The molecule has 2 rings (SSSR count). The Labute approximate surface area is 99.7 Å². The standard InChI is InChI=1S/C11H18N2S2/c1-8(12)6-10-7-15-11(13-10)9-2-4-14-5-3-9/h7-9H,2-6,12H2,1H3. The fourth-order valence-corrected chi connectivity index (χ4v) is 3.99. The molecule has 4 heteroatoms. The van der Waals surface area contributed by atoms with Crippen LogP contribution >= 0.6 is 23.1 Å². The summed E-state index contributed by atoms with van der Waals surface area (Å²) in [6, 6.07) is 0.224. The minimum atomic E-state index is 0.224. The van der Waals surface area contributed by atoms with Crippen LogP contribution in [0.2, 0.25) is 0 Å². The summed E-state index contributed by atoms with van der Waals surface area (Å²) in [5.41, 5.74) is 6.96. The van der Waals surface area contributed by atoms with E-state index < -0.39 is 0 Å². The molecular formula is C11H18N2S2. The molecule has 1 aliphatic rings. The number of hydrogen-bond donors (Lipinski definition) is 1. The van der Waals surface area contributed by atoms with Gasteiger partial charge in [0.1, 0.15) is 0 Å². The highest BCUT2D eigenvalue weighted by Crippen LogP contribution is 2.33. The molecule has 2 nitrogen and oxygen atoms in total. The highest BCUT2D eigenvalue weighted by molar-refractivity contribution is 7.99. The van der Waals surface area contributed by atoms with Crippen molar-refractivity contribution < 1.29 is 0 Å². The van der Waals surface area contributed by atoms with E-state index in [1.54, 1.807) is 0 Å². The predicted molar refractivity (Wildman–Crippen MR) is 68.8 cm³/mol. The van der Waals surface area contributed by atoms with Gasteiger partial charge in [-0.05, 0) is 31.3 Å². The monoisotopic (exact) mass is 242 g/mol. The molecule has 1 aromatic heterocycles. The molecule has 0 amide bonds. The lowest BCUT2D eigenvalue weighted by Crippen LogP contribution is -2.18. The number of nitrogens with zero attached hydrogens (tertiary/aromatic N) is 1. The molecule has 0 aliphatic carbocycles. The number of hydrogen-bond acceptors (Lipinski definition) is 4. The van der Waals surface area contributed by atoms with E-state index in [1.165, 1.54) is 35.0 Å². The van der Waals surface area contributed by atoms with Gasteiger partial charge in [-0.25, -0.2) is 4.98 Å². The minimum Gasteiger partial charge on any atom is -0.328 e. The average Bonchev–Trinajstić information content (AvgIpc) is 2.67. The van der Waals surface area contributed by atoms with Crippen LogP contribution in [0.1, 0.15) is 36.4 Å². The van der Waals surface area contributed by atoms with Crippen molar-refractivity contribution in [3.8, 4) is 0 Å². The van der Waals surface area contributed by atoms with Crippen LogP contribution in [0.5, 0.6) is 0 Å². The van der Waals surface area contributed by atoms with E-state index >= 15 is 0 Å². The van der Waals surface area contributed by atoms with Crippen molar-refractivity contribution in [2.24, 2.45) is 5.73 Å². The molecular weight excluding hydrogens is 224 g/mol. The second-order valence-electron chi connectivity index (χ2n) is 4.25. The lowest BCUT2D eigenvalue weighted by atomic mass is 10.0. The number of thioether (sulfide) groups is 1. The van der Waals surface area contributed by atoms with E-state index in [0.717, 1.165) is 12.3 Å². The molecule has 1 unspecified atom stereocenters. The molecule has 1 fully saturated rings. The van der Waals surface area contributed by atoms with E-state index in [1.807, 2.05) is 18.3 Å². The van der Waals surface area contributed by atoms with Gasteiger partial charge in [0.25, 0.3) is 0 Å². The SMILES string of the molecule is CC(N)Cc1csc(C2CCSCC2)n1. The van der Waals surface area contributed by atoms with Crippen LogP contribution in [0.3, 0.4) is 0 Å². The van der Waals surface area contributed by atoms with Gasteiger partial charge in [-0.1, -0.05) is 0 Å². The largest absolute Gasteiger partial charge is 0.328 e. The van der Waals surface area contributed by atoms with Gasteiger partial charge in [-0.2, -0.15) is 11.8 Å². The molecule has 2 N–H and O–H groups in total. The topological polar surface area (TPSA) is 38.9 Å². The average molecular weight is 242 g/mol. The molecule has 0 aromatic carbocycles. The third-order valence-electron chi connectivity index (χ3n) is 2.67. The van der Waals surface area contributed by atoms with Crippen LogP contribution in [0.4, 0.5) is 0 Å². The minimum absolute atomic E-state index is 0.224. The van der Waals surface area contributed by atoms with E-state index in [0.29, 0.717) is 0 Å². The van der Waals surface area contributed by atoms with Gasteiger partial charge >= 0.3 is 0 Å². The van der Waals surface area contributed by atoms with E-state index in [2.05, 4.69) is 17.1 Å². The number of thiazole rings is 1. The van der Waals surface area contributed by atoms with Crippen LogP contribution in [0.25, 0.3) is 0 Å². The number of aromatic nitrogens is 1. The second-order valence-corrected chi connectivity index (χ2v) is 6.36. The van der Waals surface area contributed by atoms with E-state index in [9.17, 15) is 0 Å². The zero-order valence-electron chi connectivity index (χ0n) is 9.11. The van der Waals surface area contributed by atoms with Gasteiger partial charge < -0.3 is 5.73 Å². The summed E-state index contributed by atoms with van der Waals surface area (Å²) in [7, 11) is 0. The molecule has 0 spiro atoms. The Hall–Kier alpha value is -0.0600. The van der Waals surface area contributed by atoms with Crippen LogP contribution in [0, 0.1) is 0 Å². The van der Waals surface area contributed by atoms with Crippen molar-refractivity contribution in [2.75, 3.05) is 11.5 Å². The number of rotatable bonds is 3. The molecule has 0 bridgehead atoms. The molecule has 0 radical (unpaired) electrons. The van der Waals surface area contributed by atoms with Crippen molar-refractivity contribution in [2.45, 2.75) is 38.1 Å². The van der Waals surface area contributed by atoms with Gasteiger partial charge in [0.05, 0.1) is 10.7 Å². The fourth-order valence-electron chi connectivity index (χ4n) is 1.88. The zero-order chi connectivity index (χ0) is 10.7. The zero-order valence-corrected chi connectivity index (χ0v) is 10.7. The summed E-state index contributed by atoms with van der Waals surface area (Å²) in [4.78, 5) is 4.70. The smallest absolute Gasteiger partial charge is 0.0959 e. The Kier molecular flexibility index (Phi) is 4.05. The first kappa shape index (κ1) is 11.4. The van der Waals surface area contributed by atoms with Gasteiger partial charge in [0.2, 0.25) is 0 Å². The first-order valence-electron chi connectivity index (χ1n) is 5.53. The summed E-state index contributed by atoms with van der Waals surface area (Å²) in [6.07, 6.45) is 3.52. The summed E-state index contributed by atoms with van der Waals surface area (Å²) in [5, 5.41) is 3.52. The highest BCUT2D eigenvalue weighted by Gasteiger charge is 2.18. The van der Waals surface area contributed by atoms with Crippen molar-refractivity contribution in [1.29, 1.82) is 0 Å². The summed E-state index contributed by atoms with van der Waals surface area (Å²) in [5.74, 6) is 3.32. The molecule has 2 heterocycles. The number of nitrogens with two attached hydrogens (primary N) is 1. The van der Waals surface area contributed by atoms with Crippen molar-refractivity contribution in [3.05, 3.63) is 16.1 Å². The Morgan fingerprint density at radius 3 is 2.93 bits per heavy atom. The molecule has 15 heavy (non-hydrogen) atoms. The Balaban J connectivity index is 1.99. The normalized spacial score (nSPS) is 20.4. The summed E-state index contributed by atoms with van der Waals surface area (Å²) in [6.45, 7) is 2.04. The maximum absolute atomic E-state index is 5.77. The summed E-state index contributed by atoms with van der Waals surface area (Å²) >= 11 is 3.89. The van der Waals surface area contributed by atoms with Crippen molar-refractivity contribution in [1.82, 2.24) is 4.98 Å². The van der Waals surface area contributed by atoms with Crippen LogP contribution in [0.15, 0.2) is 5.38 Å².